The molecule has 4 heteroatoms. The molecule has 0 fully saturated rings. The number of rotatable bonds is 7. The topological polar surface area (TPSA) is 61.4 Å². The van der Waals surface area contributed by atoms with Gasteiger partial charge in [-0.05, 0) is 24.1 Å². The zero-order valence-corrected chi connectivity index (χ0v) is 12.7. The highest BCUT2D eigenvalue weighted by Crippen LogP contribution is 2.12. The number of hydrogen-bond donors (Lipinski definition) is 3. The lowest BCUT2D eigenvalue weighted by molar-refractivity contribution is -0.122. The lowest BCUT2D eigenvalue weighted by atomic mass is 10.1. The molecule has 0 saturated carbocycles. The second-order valence-electron chi connectivity index (χ2n) is 5.14. The molecule has 22 heavy (non-hydrogen) atoms. The van der Waals surface area contributed by atoms with E-state index >= 15 is 0 Å². The Morgan fingerprint density at radius 2 is 1.64 bits per heavy atom. The van der Waals surface area contributed by atoms with Crippen LogP contribution in [0.25, 0.3) is 0 Å². The molecule has 0 unspecified atom stereocenters. The fourth-order valence-corrected chi connectivity index (χ4v) is 2.20. The summed E-state index contributed by atoms with van der Waals surface area (Å²) in [5.41, 5.74) is 1.71. The van der Waals surface area contributed by atoms with Gasteiger partial charge in [0.25, 0.3) is 0 Å². The third-order valence-corrected chi connectivity index (χ3v) is 3.49. The predicted molar refractivity (Wildman–Crippen MR) is 88.6 cm³/mol. The Balaban J connectivity index is 1.87. The lowest BCUT2D eigenvalue weighted by Gasteiger charge is -2.19. The molecular weight excluding hydrogens is 276 g/mol. The van der Waals surface area contributed by atoms with E-state index in [-0.39, 0.29) is 18.5 Å². The molecule has 4 nitrogen and oxygen atoms in total. The molecule has 2 aromatic rings. The van der Waals surface area contributed by atoms with Crippen molar-refractivity contribution in [3.63, 3.8) is 0 Å². The van der Waals surface area contributed by atoms with Crippen LogP contribution in [0, 0.1) is 0 Å². The molecule has 0 aliphatic heterocycles. The fraction of sp³-hybridized carbons (Fsp3) is 0.278. The molecule has 0 bridgehead atoms. The summed E-state index contributed by atoms with van der Waals surface area (Å²) in [5.74, 6) is -0.110. The first-order chi connectivity index (χ1) is 10.7. The third kappa shape index (κ3) is 4.60. The van der Waals surface area contributed by atoms with Crippen molar-refractivity contribution < 1.29 is 9.90 Å². The van der Waals surface area contributed by atoms with Crippen LogP contribution >= 0.6 is 0 Å². The highest BCUT2D eigenvalue weighted by molar-refractivity contribution is 5.84. The van der Waals surface area contributed by atoms with Gasteiger partial charge in [-0.2, -0.15) is 0 Å². The molecular formula is C18H22N2O2. The maximum absolute atomic E-state index is 12.2. The number of aliphatic hydroxyl groups is 1. The van der Waals surface area contributed by atoms with Gasteiger partial charge in [-0.15, -0.1) is 0 Å². The number of anilines is 1. The average Bonchev–Trinajstić information content (AvgIpc) is 2.59. The van der Waals surface area contributed by atoms with E-state index in [0.29, 0.717) is 6.42 Å². The van der Waals surface area contributed by atoms with Crippen molar-refractivity contribution in [1.29, 1.82) is 0 Å². The molecule has 2 atom stereocenters. The fourth-order valence-electron chi connectivity index (χ4n) is 2.20. The molecule has 0 spiro atoms. The molecule has 0 saturated heterocycles. The second kappa shape index (κ2) is 8.20. The Morgan fingerprint density at radius 1 is 1.05 bits per heavy atom. The number of nitrogens with one attached hydrogen (secondary N) is 2. The minimum atomic E-state index is -0.695. The summed E-state index contributed by atoms with van der Waals surface area (Å²) < 4.78 is 0. The van der Waals surface area contributed by atoms with Gasteiger partial charge in [0.15, 0.2) is 0 Å². The number of carbonyl (C=O) groups is 1. The minimum Gasteiger partial charge on any atom is -0.387 e. The van der Waals surface area contributed by atoms with Crippen LogP contribution in [0.4, 0.5) is 5.69 Å². The van der Waals surface area contributed by atoms with Crippen molar-refractivity contribution in [3.05, 3.63) is 66.2 Å². The minimum absolute atomic E-state index is 0.110. The van der Waals surface area contributed by atoms with Gasteiger partial charge in [0.2, 0.25) is 5.91 Å². The number of hydrogen-bond acceptors (Lipinski definition) is 3. The molecule has 3 N–H and O–H groups in total. The van der Waals surface area contributed by atoms with E-state index in [1.165, 1.54) is 0 Å². The van der Waals surface area contributed by atoms with Crippen LogP contribution < -0.4 is 10.6 Å². The van der Waals surface area contributed by atoms with Crippen LogP contribution in [0.1, 0.15) is 25.0 Å². The summed E-state index contributed by atoms with van der Waals surface area (Å²) in [7, 11) is 0. The quantitative estimate of drug-likeness (QED) is 0.736. The summed E-state index contributed by atoms with van der Waals surface area (Å²) in [6, 6.07) is 18.6. The van der Waals surface area contributed by atoms with Gasteiger partial charge in [0.05, 0.1) is 6.10 Å². The monoisotopic (exact) mass is 298 g/mol. The Morgan fingerprint density at radius 3 is 2.23 bits per heavy atom. The summed E-state index contributed by atoms with van der Waals surface area (Å²) in [6.45, 7) is 2.16. The molecule has 2 aromatic carbocycles. The highest BCUT2D eigenvalue weighted by atomic mass is 16.3. The predicted octanol–water partition coefficient (Wildman–Crippen LogP) is 2.73. The van der Waals surface area contributed by atoms with Crippen LogP contribution in [0.5, 0.6) is 0 Å². The summed E-state index contributed by atoms with van der Waals surface area (Å²) in [4.78, 5) is 12.2. The summed E-state index contributed by atoms with van der Waals surface area (Å²) in [5, 5.41) is 16.1. The maximum Gasteiger partial charge on any atom is 0.242 e. The van der Waals surface area contributed by atoms with Gasteiger partial charge < -0.3 is 15.7 Å². The van der Waals surface area contributed by atoms with Crippen molar-refractivity contribution in [1.82, 2.24) is 5.32 Å². The third-order valence-electron chi connectivity index (χ3n) is 3.49. The van der Waals surface area contributed by atoms with E-state index < -0.39 is 6.10 Å². The largest absolute Gasteiger partial charge is 0.387 e. The molecule has 0 aliphatic carbocycles. The number of amides is 1. The lowest BCUT2D eigenvalue weighted by Crippen LogP contribution is -2.40. The Kier molecular flexibility index (Phi) is 5.98. The van der Waals surface area contributed by atoms with Crippen LogP contribution in [-0.4, -0.2) is 23.6 Å². The first-order valence-electron chi connectivity index (χ1n) is 7.53. The Bertz CT molecular complexity index is 572. The van der Waals surface area contributed by atoms with Crippen LogP contribution in [0.15, 0.2) is 60.7 Å². The Labute approximate surface area is 131 Å². The number of para-hydroxylation sites is 1. The smallest absolute Gasteiger partial charge is 0.242 e. The number of benzene rings is 2. The Hall–Kier alpha value is -2.33. The van der Waals surface area contributed by atoms with Crippen molar-refractivity contribution in [3.8, 4) is 0 Å². The molecule has 116 valence electrons. The van der Waals surface area contributed by atoms with Crippen LogP contribution in [0.3, 0.4) is 0 Å². The molecule has 0 aromatic heterocycles. The van der Waals surface area contributed by atoms with Crippen molar-refractivity contribution in [2.24, 2.45) is 0 Å². The number of carbonyl (C=O) groups excluding carboxylic acids is 1. The molecule has 2 rings (SSSR count). The van der Waals surface area contributed by atoms with Gasteiger partial charge in [-0.25, -0.2) is 0 Å². The molecule has 1 amide bonds. The summed E-state index contributed by atoms with van der Waals surface area (Å²) in [6.07, 6.45) is -0.0262. The van der Waals surface area contributed by atoms with E-state index in [1.807, 2.05) is 67.6 Å². The number of aliphatic hydroxyl groups excluding tert-OH is 1. The zero-order valence-electron chi connectivity index (χ0n) is 12.7. The van der Waals surface area contributed by atoms with Crippen LogP contribution in [-0.2, 0) is 4.79 Å². The van der Waals surface area contributed by atoms with Gasteiger partial charge in [-0.3, -0.25) is 4.79 Å². The van der Waals surface area contributed by atoms with Crippen LogP contribution in [0.2, 0.25) is 0 Å². The van der Waals surface area contributed by atoms with Crippen molar-refractivity contribution in [2.45, 2.75) is 25.5 Å². The normalized spacial score (nSPS) is 13.2. The van der Waals surface area contributed by atoms with E-state index in [4.69, 9.17) is 0 Å². The SMILES string of the molecule is CC[C@H](Nc1ccccc1)C(=O)NC[C@@H](O)c1ccccc1. The first kappa shape index (κ1) is 16.0. The van der Waals surface area contributed by atoms with Crippen molar-refractivity contribution in [2.75, 3.05) is 11.9 Å². The second-order valence-corrected chi connectivity index (χ2v) is 5.14. The van der Waals surface area contributed by atoms with E-state index in [0.717, 1.165) is 11.3 Å². The molecule has 0 aliphatic rings. The standard InChI is InChI=1S/C18H22N2O2/c1-2-16(20-15-11-7-4-8-12-15)18(22)19-13-17(21)14-9-5-3-6-10-14/h3-12,16-17,20-21H,2,13H2,1H3,(H,19,22)/t16-,17+/m0/s1. The van der Waals surface area contributed by atoms with Gasteiger partial charge in [0, 0.05) is 12.2 Å². The van der Waals surface area contributed by atoms with E-state index in [2.05, 4.69) is 10.6 Å². The first-order valence-corrected chi connectivity index (χ1v) is 7.53. The van der Waals surface area contributed by atoms with Gasteiger partial charge in [-0.1, -0.05) is 55.5 Å². The van der Waals surface area contributed by atoms with E-state index in [9.17, 15) is 9.90 Å². The van der Waals surface area contributed by atoms with Gasteiger partial charge in [0.1, 0.15) is 6.04 Å². The summed E-state index contributed by atoms with van der Waals surface area (Å²) >= 11 is 0. The van der Waals surface area contributed by atoms with Crippen molar-refractivity contribution >= 4 is 11.6 Å². The average molecular weight is 298 g/mol. The van der Waals surface area contributed by atoms with E-state index in [1.54, 1.807) is 0 Å². The highest BCUT2D eigenvalue weighted by Gasteiger charge is 2.17. The molecule has 0 radical (unpaired) electrons. The zero-order chi connectivity index (χ0) is 15.8. The van der Waals surface area contributed by atoms with Gasteiger partial charge >= 0.3 is 0 Å². The maximum atomic E-state index is 12.2. The molecule has 0 heterocycles.